The summed E-state index contributed by atoms with van der Waals surface area (Å²) < 4.78 is 5.35. The van der Waals surface area contributed by atoms with Crippen molar-refractivity contribution in [2.75, 3.05) is 11.9 Å². The van der Waals surface area contributed by atoms with Crippen LogP contribution in [0.4, 0.5) is 11.4 Å². The second-order valence-electron chi connectivity index (χ2n) is 4.58. The maximum atomic E-state index is 11.8. The van der Waals surface area contributed by atoms with Gasteiger partial charge in [-0.05, 0) is 30.7 Å². The van der Waals surface area contributed by atoms with Crippen LogP contribution in [0, 0.1) is 17.0 Å². The van der Waals surface area contributed by atoms with Crippen molar-refractivity contribution >= 4 is 28.9 Å². The second-order valence-corrected chi connectivity index (χ2v) is 4.99. The molecule has 0 aliphatic carbocycles. The van der Waals surface area contributed by atoms with Crippen molar-refractivity contribution in [3.05, 3.63) is 63.2 Å². The van der Waals surface area contributed by atoms with Crippen LogP contribution in [-0.2, 0) is 4.79 Å². The van der Waals surface area contributed by atoms with Crippen molar-refractivity contribution in [3.63, 3.8) is 0 Å². The lowest BCUT2D eigenvalue weighted by atomic mass is 10.2. The molecule has 1 N–H and O–H groups in total. The van der Waals surface area contributed by atoms with Gasteiger partial charge in [-0.15, -0.1) is 0 Å². The summed E-state index contributed by atoms with van der Waals surface area (Å²) in [4.78, 5) is 22.0. The molecule has 0 saturated heterocycles. The average Bonchev–Trinajstić information content (AvgIpc) is 2.48. The highest BCUT2D eigenvalue weighted by Gasteiger charge is 2.09. The zero-order valence-electron chi connectivity index (χ0n) is 11.7. The maximum absolute atomic E-state index is 11.8. The van der Waals surface area contributed by atoms with Crippen LogP contribution in [0.15, 0.2) is 42.5 Å². The third-order valence-electron chi connectivity index (χ3n) is 2.79. The fourth-order valence-electron chi connectivity index (χ4n) is 1.76. The van der Waals surface area contributed by atoms with Crippen LogP contribution in [0.5, 0.6) is 5.75 Å². The second kappa shape index (κ2) is 6.91. The van der Waals surface area contributed by atoms with Gasteiger partial charge in [-0.1, -0.05) is 23.7 Å². The highest BCUT2D eigenvalue weighted by atomic mass is 35.5. The Morgan fingerprint density at radius 1 is 1.32 bits per heavy atom. The number of nitro groups is 1. The van der Waals surface area contributed by atoms with E-state index in [1.54, 1.807) is 18.2 Å². The Bertz CT molecular complexity index is 718. The molecule has 0 spiro atoms. The zero-order valence-corrected chi connectivity index (χ0v) is 12.5. The predicted octanol–water partition coefficient (Wildman–Crippen LogP) is 3.57. The van der Waals surface area contributed by atoms with E-state index in [0.717, 1.165) is 5.56 Å². The molecule has 0 fully saturated rings. The number of carbonyl (C=O) groups is 1. The highest BCUT2D eigenvalue weighted by molar-refractivity contribution is 6.32. The number of benzene rings is 2. The predicted molar refractivity (Wildman–Crippen MR) is 83.4 cm³/mol. The van der Waals surface area contributed by atoms with E-state index in [4.69, 9.17) is 16.3 Å². The molecule has 7 heteroatoms. The topological polar surface area (TPSA) is 81.5 Å². The molecule has 0 saturated carbocycles. The minimum absolute atomic E-state index is 0.0968. The summed E-state index contributed by atoms with van der Waals surface area (Å²) in [5.41, 5.74) is 1.19. The Morgan fingerprint density at radius 2 is 2.09 bits per heavy atom. The first kappa shape index (κ1) is 15.8. The summed E-state index contributed by atoms with van der Waals surface area (Å²) in [6.45, 7) is 1.64. The Hall–Kier alpha value is -2.60. The molecular formula is C15H13ClN2O4. The van der Waals surface area contributed by atoms with Gasteiger partial charge in [0.25, 0.3) is 11.6 Å². The zero-order chi connectivity index (χ0) is 16.1. The molecule has 6 nitrogen and oxygen atoms in total. The lowest BCUT2D eigenvalue weighted by Gasteiger charge is -2.09. The summed E-state index contributed by atoms with van der Waals surface area (Å²) in [6.07, 6.45) is 0. The molecule has 1 amide bonds. The molecule has 2 aromatic rings. The van der Waals surface area contributed by atoms with Gasteiger partial charge in [-0.25, -0.2) is 0 Å². The van der Waals surface area contributed by atoms with E-state index >= 15 is 0 Å². The summed E-state index contributed by atoms with van der Waals surface area (Å²) >= 11 is 5.96. The van der Waals surface area contributed by atoms with E-state index in [-0.39, 0.29) is 12.3 Å². The van der Waals surface area contributed by atoms with Gasteiger partial charge in [-0.3, -0.25) is 14.9 Å². The molecule has 0 atom stereocenters. The molecule has 0 radical (unpaired) electrons. The number of nitrogens with zero attached hydrogens (tertiary/aromatic N) is 1. The summed E-state index contributed by atoms with van der Waals surface area (Å²) in [5, 5.41) is 13.6. The van der Waals surface area contributed by atoms with Crippen molar-refractivity contribution in [2.24, 2.45) is 0 Å². The third kappa shape index (κ3) is 4.20. The number of anilines is 1. The first-order chi connectivity index (χ1) is 10.5. The maximum Gasteiger partial charge on any atom is 0.271 e. The normalized spacial score (nSPS) is 10.1. The quantitative estimate of drug-likeness (QED) is 0.674. The van der Waals surface area contributed by atoms with Gasteiger partial charge in [0.1, 0.15) is 5.75 Å². The van der Waals surface area contributed by atoms with E-state index in [1.807, 2.05) is 13.0 Å². The summed E-state index contributed by atoms with van der Waals surface area (Å²) in [6, 6.07) is 10.9. The molecular weight excluding hydrogens is 308 g/mol. The molecule has 0 aliphatic rings. The van der Waals surface area contributed by atoms with E-state index in [2.05, 4.69) is 5.32 Å². The first-order valence-electron chi connectivity index (χ1n) is 6.39. The van der Waals surface area contributed by atoms with E-state index in [9.17, 15) is 14.9 Å². The van der Waals surface area contributed by atoms with Crippen molar-refractivity contribution < 1.29 is 14.5 Å². The monoisotopic (exact) mass is 320 g/mol. The van der Waals surface area contributed by atoms with Crippen LogP contribution in [0.1, 0.15) is 5.56 Å². The number of non-ortho nitro benzene ring substituents is 1. The molecule has 114 valence electrons. The minimum Gasteiger partial charge on any atom is -0.482 e. The number of halogens is 1. The van der Waals surface area contributed by atoms with Gasteiger partial charge in [0.2, 0.25) is 0 Å². The van der Waals surface area contributed by atoms with Crippen molar-refractivity contribution in [1.29, 1.82) is 0 Å². The molecule has 0 bridgehead atoms. The van der Waals surface area contributed by atoms with Crippen molar-refractivity contribution in [2.45, 2.75) is 6.92 Å². The van der Waals surface area contributed by atoms with Gasteiger partial charge in [0.15, 0.2) is 6.61 Å². The molecule has 0 heterocycles. The van der Waals surface area contributed by atoms with E-state index < -0.39 is 10.8 Å². The standard InChI is InChI=1S/C15H13ClN2O4/c1-10-5-6-13(16)14(7-10)22-9-15(19)17-11-3-2-4-12(8-11)18(20)21/h2-8H,9H2,1H3,(H,17,19). The number of amides is 1. The fourth-order valence-corrected chi connectivity index (χ4v) is 1.93. The number of hydrogen-bond acceptors (Lipinski definition) is 4. The summed E-state index contributed by atoms with van der Waals surface area (Å²) in [5.74, 6) is -0.0195. The van der Waals surface area contributed by atoms with Crippen LogP contribution in [0.3, 0.4) is 0 Å². The Kier molecular flexibility index (Phi) is 4.95. The molecule has 22 heavy (non-hydrogen) atoms. The largest absolute Gasteiger partial charge is 0.482 e. The molecule has 2 rings (SSSR count). The van der Waals surface area contributed by atoms with Crippen LogP contribution in [0.2, 0.25) is 5.02 Å². The van der Waals surface area contributed by atoms with Gasteiger partial charge in [-0.2, -0.15) is 0 Å². The number of ether oxygens (including phenoxy) is 1. The smallest absolute Gasteiger partial charge is 0.271 e. The number of carbonyl (C=O) groups excluding carboxylic acids is 1. The first-order valence-corrected chi connectivity index (χ1v) is 6.77. The summed E-state index contributed by atoms with van der Waals surface area (Å²) in [7, 11) is 0. The molecule has 2 aromatic carbocycles. The number of rotatable bonds is 5. The van der Waals surface area contributed by atoms with Crippen LogP contribution in [0.25, 0.3) is 0 Å². The number of hydrogen-bond donors (Lipinski definition) is 1. The minimum atomic E-state index is -0.529. The Labute approximate surface area is 131 Å². The Morgan fingerprint density at radius 3 is 2.82 bits per heavy atom. The van der Waals surface area contributed by atoms with Crippen molar-refractivity contribution in [3.8, 4) is 5.75 Å². The van der Waals surface area contributed by atoms with Gasteiger partial charge in [0.05, 0.1) is 9.95 Å². The van der Waals surface area contributed by atoms with Gasteiger partial charge >= 0.3 is 0 Å². The molecule has 0 unspecified atom stereocenters. The SMILES string of the molecule is Cc1ccc(Cl)c(OCC(=O)Nc2cccc([N+](=O)[O-])c2)c1. The van der Waals surface area contributed by atoms with E-state index in [1.165, 1.54) is 18.2 Å². The van der Waals surface area contributed by atoms with Crippen LogP contribution >= 0.6 is 11.6 Å². The Balaban J connectivity index is 1.97. The number of nitro benzene ring substituents is 1. The lowest BCUT2D eigenvalue weighted by Crippen LogP contribution is -2.20. The fraction of sp³-hybridized carbons (Fsp3) is 0.133. The van der Waals surface area contributed by atoms with E-state index in [0.29, 0.717) is 16.5 Å². The lowest BCUT2D eigenvalue weighted by molar-refractivity contribution is -0.384. The highest BCUT2D eigenvalue weighted by Crippen LogP contribution is 2.25. The van der Waals surface area contributed by atoms with Crippen molar-refractivity contribution in [1.82, 2.24) is 0 Å². The number of nitrogens with one attached hydrogen (secondary N) is 1. The molecule has 0 aromatic heterocycles. The average molecular weight is 321 g/mol. The van der Waals surface area contributed by atoms with Gasteiger partial charge in [0, 0.05) is 17.8 Å². The van der Waals surface area contributed by atoms with Gasteiger partial charge < -0.3 is 10.1 Å². The number of aryl methyl sites for hydroxylation is 1. The third-order valence-corrected chi connectivity index (χ3v) is 3.10. The molecule has 0 aliphatic heterocycles. The van der Waals surface area contributed by atoms with Crippen LogP contribution < -0.4 is 10.1 Å². The van der Waals surface area contributed by atoms with Crippen LogP contribution in [-0.4, -0.2) is 17.4 Å².